The zero-order chi connectivity index (χ0) is 20.9. The number of amides is 1. The Morgan fingerprint density at radius 1 is 1.13 bits per heavy atom. The smallest absolute Gasteiger partial charge is 0.227 e. The molecule has 4 rings (SSSR count). The summed E-state index contributed by atoms with van der Waals surface area (Å²) in [5.41, 5.74) is 4.50. The van der Waals surface area contributed by atoms with Crippen LogP contribution in [0.5, 0.6) is 11.5 Å². The molecule has 30 heavy (non-hydrogen) atoms. The van der Waals surface area contributed by atoms with Gasteiger partial charge >= 0.3 is 0 Å². The molecule has 3 aromatic rings. The molecule has 0 bridgehead atoms. The summed E-state index contributed by atoms with van der Waals surface area (Å²) in [4.78, 5) is 16.2. The summed E-state index contributed by atoms with van der Waals surface area (Å²) < 4.78 is 11.0. The van der Waals surface area contributed by atoms with Crippen molar-refractivity contribution in [3.8, 4) is 11.5 Å². The molecule has 0 radical (unpaired) electrons. The molecule has 1 amide bonds. The number of methoxy groups -OCH3 is 1. The van der Waals surface area contributed by atoms with E-state index in [0.29, 0.717) is 18.1 Å². The van der Waals surface area contributed by atoms with Gasteiger partial charge in [-0.25, -0.2) is 0 Å². The van der Waals surface area contributed by atoms with Crippen LogP contribution in [0.1, 0.15) is 22.4 Å². The highest BCUT2D eigenvalue weighted by Crippen LogP contribution is 2.29. The van der Waals surface area contributed by atoms with Crippen molar-refractivity contribution in [2.24, 2.45) is 0 Å². The number of thiophene rings is 1. The predicted molar refractivity (Wildman–Crippen MR) is 122 cm³/mol. The van der Waals surface area contributed by atoms with E-state index < -0.39 is 0 Å². The van der Waals surface area contributed by atoms with E-state index >= 15 is 0 Å². The first-order chi connectivity index (χ1) is 14.6. The van der Waals surface area contributed by atoms with Gasteiger partial charge in [0.15, 0.2) is 11.5 Å². The Kier molecular flexibility index (Phi) is 6.23. The Balaban J connectivity index is 1.27. The van der Waals surface area contributed by atoms with Crippen LogP contribution in [0.3, 0.4) is 0 Å². The fourth-order valence-electron chi connectivity index (χ4n) is 3.60. The molecule has 0 aliphatic carbocycles. The van der Waals surface area contributed by atoms with Gasteiger partial charge < -0.3 is 19.7 Å². The zero-order valence-corrected chi connectivity index (χ0v) is 18.1. The van der Waals surface area contributed by atoms with Crippen molar-refractivity contribution >= 4 is 28.6 Å². The van der Waals surface area contributed by atoms with E-state index in [1.807, 2.05) is 48.6 Å². The number of ether oxygens (including phenoxy) is 2. The number of carbonyl (C=O) groups excluding carboxylic acids is 1. The first kappa shape index (κ1) is 20.3. The Bertz CT molecular complexity index is 1010. The Labute approximate surface area is 181 Å². The van der Waals surface area contributed by atoms with Crippen LogP contribution in [-0.4, -0.2) is 26.2 Å². The van der Waals surface area contributed by atoms with Crippen LogP contribution in [0.15, 0.2) is 53.9 Å². The predicted octanol–water partition coefficient (Wildman–Crippen LogP) is 5.04. The number of fused-ring (bicyclic) bond motifs is 1. The molecule has 0 unspecified atom stereocenters. The van der Waals surface area contributed by atoms with Gasteiger partial charge in [0, 0.05) is 29.3 Å². The average Bonchev–Trinajstić information content (AvgIpc) is 3.23. The molecular formula is C24H26N2O3S. The van der Waals surface area contributed by atoms with E-state index in [0.717, 1.165) is 30.8 Å². The highest BCUT2D eigenvalue weighted by atomic mass is 32.1. The molecule has 1 aliphatic heterocycles. The second-order valence-electron chi connectivity index (χ2n) is 7.39. The van der Waals surface area contributed by atoms with Crippen LogP contribution in [0.2, 0.25) is 0 Å². The van der Waals surface area contributed by atoms with Crippen LogP contribution >= 0.6 is 11.3 Å². The molecule has 0 fully saturated rings. The first-order valence-electron chi connectivity index (χ1n) is 10.1. The summed E-state index contributed by atoms with van der Waals surface area (Å²) in [6.07, 6.45) is 1.36. The molecular weight excluding hydrogens is 396 g/mol. The highest BCUT2D eigenvalue weighted by Gasteiger charge is 2.17. The minimum Gasteiger partial charge on any atom is -0.493 e. The Morgan fingerprint density at radius 3 is 2.77 bits per heavy atom. The van der Waals surface area contributed by atoms with Gasteiger partial charge in [-0.2, -0.15) is 0 Å². The summed E-state index contributed by atoms with van der Waals surface area (Å²) in [5, 5.41) is 5.11. The average molecular weight is 423 g/mol. The quantitative estimate of drug-likeness (QED) is 0.580. The van der Waals surface area contributed by atoms with E-state index in [1.165, 1.54) is 16.1 Å². The van der Waals surface area contributed by atoms with E-state index in [4.69, 9.17) is 9.47 Å². The van der Waals surface area contributed by atoms with E-state index in [9.17, 15) is 4.79 Å². The van der Waals surface area contributed by atoms with Crippen LogP contribution in [0.25, 0.3) is 0 Å². The monoisotopic (exact) mass is 422 g/mol. The standard InChI is InChI=1S/C24H26N2O3S/c1-17-3-8-21(22(15-17)28-2)29-13-10-24(27)25-19-4-6-20(7-5-19)26-12-9-23-18(16-26)11-14-30-23/h3-8,11,14-15H,9-10,12-13,16H2,1-2H3,(H,25,27). The zero-order valence-electron chi connectivity index (χ0n) is 17.3. The topological polar surface area (TPSA) is 50.8 Å². The van der Waals surface area contributed by atoms with E-state index in [-0.39, 0.29) is 12.3 Å². The summed E-state index contributed by atoms with van der Waals surface area (Å²) in [6.45, 7) is 4.26. The number of hydrogen-bond acceptors (Lipinski definition) is 5. The van der Waals surface area contributed by atoms with E-state index in [2.05, 4.69) is 33.8 Å². The number of carbonyl (C=O) groups is 1. The lowest BCUT2D eigenvalue weighted by Crippen LogP contribution is -2.29. The SMILES string of the molecule is COc1cc(C)ccc1OCCC(=O)Nc1ccc(N2CCc3sccc3C2)cc1. The van der Waals surface area contributed by atoms with Gasteiger partial charge in [-0.05, 0) is 72.3 Å². The van der Waals surface area contributed by atoms with Crippen molar-refractivity contribution in [2.75, 3.05) is 30.5 Å². The number of nitrogens with one attached hydrogen (secondary N) is 1. The van der Waals surface area contributed by atoms with Gasteiger partial charge in [0.1, 0.15) is 0 Å². The molecule has 0 spiro atoms. The van der Waals surface area contributed by atoms with Crippen molar-refractivity contribution in [3.63, 3.8) is 0 Å². The highest BCUT2D eigenvalue weighted by molar-refractivity contribution is 7.10. The molecule has 1 aromatic heterocycles. The third-order valence-corrected chi connectivity index (χ3v) is 6.25. The third-order valence-electron chi connectivity index (χ3n) is 5.23. The van der Waals surface area contributed by atoms with Crippen LogP contribution < -0.4 is 19.7 Å². The number of anilines is 2. The molecule has 2 heterocycles. The van der Waals surface area contributed by atoms with Gasteiger partial charge in [0.05, 0.1) is 20.1 Å². The van der Waals surface area contributed by atoms with Crippen LogP contribution in [0, 0.1) is 6.92 Å². The number of nitrogens with zero attached hydrogens (tertiary/aromatic N) is 1. The lowest BCUT2D eigenvalue weighted by molar-refractivity contribution is -0.116. The largest absolute Gasteiger partial charge is 0.493 e. The lowest BCUT2D eigenvalue weighted by atomic mass is 10.1. The molecule has 0 atom stereocenters. The van der Waals surface area contributed by atoms with Gasteiger partial charge in [-0.3, -0.25) is 4.79 Å². The van der Waals surface area contributed by atoms with Crippen molar-refractivity contribution < 1.29 is 14.3 Å². The van der Waals surface area contributed by atoms with Gasteiger partial charge in [0.25, 0.3) is 0 Å². The normalized spacial score (nSPS) is 12.9. The van der Waals surface area contributed by atoms with Crippen molar-refractivity contribution in [1.29, 1.82) is 0 Å². The molecule has 6 heteroatoms. The molecule has 1 aliphatic rings. The maximum absolute atomic E-state index is 12.3. The molecule has 5 nitrogen and oxygen atoms in total. The fourth-order valence-corrected chi connectivity index (χ4v) is 4.49. The second-order valence-corrected chi connectivity index (χ2v) is 8.39. The summed E-state index contributed by atoms with van der Waals surface area (Å²) in [6, 6.07) is 16.0. The van der Waals surface area contributed by atoms with E-state index in [1.54, 1.807) is 7.11 Å². The summed E-state index contributed by atoms with van der Waals surface area (Å²) in [7, 11) is 1.61. The van der Waals surface area contributed by atoms with Gasteiger partial charge in [-0.1, -0.05) is 6.07 Å². The molecule has 0 saturated carbocycles. The van der Waals surface area contributed by atoms with Crippen molar-refractivity contribution in [2.45, 2.75) is 26.3 Å². The molecule has 2 aromatic carbocycles. The van der Waals surface area contributed by atoms with Gasteiger partial charge in [0.2, 0.25) is 5.91 Å². The number of aryl methyl sites for hydroxylation is 1. The Morgan fingerprint density at radius 2 is 1.97 bits per heavy atom. The maximum atomic E-state index is 12.3. The number of benzene rings is 2. The number of rotatable bonds is 7. The molecule has 1 N–H and O–H groups in total. The van der Waals surface area contributed by atoms with Gasteiger partial charge in [-0.15, -0.1) is 11.3 Å². The fraction of sp³-hybridized carbons (Fsp3) is 0.292. The van der Waals surface area contributed by atoms with Crippen LogP contribution in [0.4, 0.5) is 11.4 Å². The first-order valence-corrected chi connectivity index (χ1v) is 11.0. The van der Waals surface area contributed by atoms with Crippen molar-refractivity contribution in [1.82, 2.24) is 0 Å². The number of hydrogen-bond donors (Lipinski definition) is 1. The summed E-state index contributed by atoms with van der Waals surface area (Å²) >= 11 is 1.85. The maximum Gasteiger partial charge on any atom is 0.227 e. The van der Waals surface area contributed by atoms with Crippen molar-refractivity contribution in [3.05, 3.63) is 69.9 Å². The Hall–Kier alpha value is -2.99. The molecule has 156 valence electrons. The minimum absolute atomic E-state index is 0.0743. The van der Waals surface area contributed by atoms with Crippen LogP contribution in [-0.2, 0) is 17.8 Å². The lowest BCUT2D eigenvalue weighted by Gasteiger charge is -2.29. The molecule has 0 saturated heterocycles. The minimum atomic E-state index is -0.0743. The second kappa shape index (κ2) is 9.22. The third kappa shape index (κ3) is 4.76. The summed E-state index contributed by atoms with van der Waals surface area (Å²) in [5.74, 6) is 1.25.